The van der Waals surface area contributed by atoms with Crippen LogP contribution in [0.15, 0.2) is 40.3 Å². The summed E-state index contributed by atoms with van der Waals surface area (Å²) in [6, 6.07) is 9.96. The number of rotatable bonds is 4. The Hall–Kier alpha value is -1.59. The molecule has 3 nitrogen and oxygen atoms in total. The van der Waals surface area contributed by atoms with Crippen LogP contribution in [-0.2, 0) is 12.8 Å². The number of thioether (sulfide) groups is 1. The van der Waals surface area contributed by atoms with Crippen molar-refractivity contribution in [3.05, 3.63) is 51.1 Å². The molecule has 0 amide bonds. The molecule has 1 atom stereocenters. The van der Waals surface area contributed by atoms with E-state index in [4.69, 9.17) is 4.98 Å². The van der Waals surface area contributed by atoms with Crippen LogP contribution in [0.4, 0.5) is 0 Å². The highest BCUT2D eigenvalue weighted by Crippen LogP contribution is 2.42. The van der Waals surface area contributed by atoms with Gasteiger partial charge in [0.2, 0.25) is 0 Å². The molecule has 29 heavy (non-hydrogen) atoms. The molecular weight excluding hydrogens is 396 g/mol. The monoisotopic (exact) mass is 426 g/mol. The van der Waals surface area contributed by atoms with Crippen molar-refractivity contribution in [2.75, 3.05) is 5.75 Å². The quantitative estimate of drug-likeness (QED) is 0.360. The predicted octanol–water partition coefficient (Wildman–Crippen LogP) is 6.35. The number of thiophene rings is 1. The summed E-state index contributed by atoms with van der Waals surface area (Å²) in [6.07, 6.45) is 3.21. The number of nitrogens with zero attached hydrogens (tertiary/aromatic N) is 2. The zero-order valence-electron chi connectivity index (χ0n) is 18.0. The van der Waals surface area contributed by atoms with Gasteiger partial charge in [-0.2, -0.15) is 0 Å². The number of hydrogen-bond acceptors (Lipinski definition) is 4. The lowest BCUT2D eigenvalue weighted by molar-refractivity contribution is 0.218. The minimum Gasteiger partial charge on any atom is -0.268 e. The molecule has 0 spiro atoms. The molecule has 0 bridgehead atoms. The molecule has 2 aromatic heterocycles. The summed E-state index contributed by atoms with van der Waals surface area (Å²) in [6.45, 7) is 11.4. The van der Waals surface area contributed by atoms with E-state index in [-0.39, 0.29) is 5.56 Å². The van der Waals surface area contributed by atoms with Crippen molar-refractivity contribution >= 4 is 33.3 Å². The van der Waals surface area contributed by atoms with Crippen LogP contribution in [0.2, 0.25) is 0 Å². The smallest absolute Gasteiger partial charge is 0.267 e. The van der Waals surface area contributed by atoms with Gasteiger partial charge in [0.05, 0.1) is 11.1 Å². The number of para-hydroxylation sites is 1. The van der Waals surface area contributed by atoms with Crippen molar-refractivity contribution in [2.24, 2.45) is 17.3 Å². The van der Waals surface area contributed by atoms with Crippen LogP contribution in [-0.4, -0.2) is 15.3 Å². The molecule has 2 heterocycles. The maximum Gasteiger partial charge on any atom is 0.267 e. The van der Waals surface area contributed by atoms with Gasteiger partial charge in [0, 0.05) is 10.6 Å². The van der Waals surface area contributed by atoms with Gasteiger partial charge in [0.25, 0.3) is 5.56 Å². The molecule has 0 radical (unpaired) electrons. The van der Waals surface area contributed by atoms with Crippen molar-refractivity contribution in [1.82, 2.24) is 9.55 Å². The van der Waals surface area contributed by atoms with Gasteiger partial charge in [-0.15, -0.1) is 11.3 Å². The second-order valence-corrected chi connectivity index (χ2v) is 11.6. The molecular formula is C24H30N2OS2. The van der Waals surface area contributed by atoms with Crippen LogP contribution < -0.4 is 5.56 Å². The summed E-state index contributed by atoms with van der Waals surface area (Å²) in [4.78, 5) is 21.0. The highest BCUT2D eigenvalue weighted by Gasteiger charge is 2.32. The van der Waals surface area contributed by atoms with Gasteiger partial charge in [-0.1, -0.05) is 64.6 Å². The van der Waals surface area contributed by atoms with Crippen LogP contribution in [0.3, 0.4) is 0 Å². The van der Waals surface area contributed by atoms with Gasteiger partial charge in [-0.05, 0) is 54.2 Å². The first-order valence-corrected chi connectivity index (χ1v) is 12.3. The Kier molecular flexibility index (Phi) is 5.64. The number of aryl methyl sites for hydroxylation is 1. The zero-order valence-corrected chi connectivity index (χ0v) is 19.6. The molecule has 0 unspecified atom stereocenters. The minimum atomic E-state index is 0.0964. The number of hydrogen-bond donors (Lipinski definition) is 0. The Morgan fingerprint density at radius 3 is 2.62 bits per heavy atom. The first kappa shape index (κ1) is 20.7. The van der Waals surface area contributed by atoms with Crippen molar-refractivity contribution in [2.45, 2.75) is 59.0 Å². The average molecular weight is 427 g/mol. The largest absolute Gasteiger partial charge is 0.268 e. The Labute approximate surface area is 181 Å². The Bertz CT molecular complexity index is 1070. The molecule has 0 aliphatic heterocycles. The molecule has 154 valence electrons. The van der Waals surface area contributed by atoms with Crippen LogP contribution in [0.1, 0.15) is 51.5 Å². The molecule has 0 fully saturated rings. The summed E-state index contributed by atoms with van der Waals surface area (Å²) in [5, 5.41) is 1.67. The van der Waals surface area contributed by atoms with E-state index < -0.39 is 0 Å². The van der Waals surface area contributed by atoms with E-state index >= 15 is 0 Å². The van der Waals surface area contributed by atoms with Crippen LogP contribution >= 0.6 is 23.1 Å². The lowest BCUT2D eigenvalue weighted by Gasteiger charge is -2.33. The Morgan fingerprint density at radius 1 is 1.24 bits per heavy atom. The SMILES string of the molecule is CC(C)CSc1nc2sc3c(c2c(=O)n1-c1ccccc1)CC[C@H](C(C)(C)C)C3. The molecule has 1 aliphatic carbocycles. The Balaban J connectivity index is 1.88. The van der Waals surface area contributed by atoms with Crippen molar-refractivity contribution < 1.29 is 0 Å². The maximum atomic E-state index is 13.7. The summed E-state index contributed by atoms with van der Waals surface area (Å²) in [7, 11) is 0. The fourth-order valence-electron chi connectivity index (χ4n) is 4.09. The fraction of sp³-hybridized carbons (Fsp3) is 0.500. The molecule has 0 saturated carbocycles. The van der Waals surface area contributed by atoms with E-state index in [0.717, 1.165) is 46.1 Å². The van der Waals surface area contributed by atoms with Gasteiger partial charge in [-0.25, -0.2) is 4.98 Å². The summed E-state index contributed by atoms with van der Waals surface area (Å²) in [5.41, 5.74) is 2.55. The van der Waals surface area contributed by atoms with Crippen molar-refractivity contribution in [3.8, 4) is 5.69 Å². The third-order valence-electron chi connectivity index (χ3n) is 5.84. The van der Waals surface area contributed by atoms with E-state index in [1.807, 2.05) is 34.9 Å². The highest BCUT2D eigenvalue weighted by atomic mass is 32.2. The summed E-state index contributed by atoms with van der Waals surface area (Å²) >= 11 is 3.44. The van der Waals surface area contributed by atoms with Crippen LogP contribution in [0.5, 0.6) is 0 Å². The van der Waals surface area contributed by atoms with E-state index in [1.165, 1.54) is 10.4 Å². The number of fused-ring (bicyclic) bond motifs is 3. The van der Waals surface area contributed by atoms with Gasteiger partial charge < -0.3 is 0 Å². The first-order valence-electron chi connectivity index (χ1n) is 10.5. The number of aromatic nitrogens is 2. The van der Waals surface area contributed by atoms with Crippen LogP contribution in [0, 0.1) is 17.3 Å². The normalized spacial score (nSPS) is 17.1. The lowest BCUT2D eigenvalue weighted by Crippen LogP contribution is -2.27. The minimum absolute atomic E-state index is 0.0964. The summed E-state index contributed by atoms with van der Waals surface area (Å²) in [5.74, 6) is 2.15. The van der Waals surface area contributed by atoms with Gasteiger partial charge in [-0.3, -0.25) is 9.36 Å². The first-order chi connectivity index (χ1) is 13.8. The Morgan fingerprint density at radius 2 is 1.97 bits per heavy atom. The topological polar surface area (TPSA) is 34.9 Å². The zero-order chi connectivity index (χ0) is 20.8. The predicted molar refractivity (Wildman–Crippen MR) is 126 cm³/mol. The van der Waals surface area contributed by atoms with E-state index in [9.17, 15) is 4.79 Å². The molecule has 0 saturated heterocycles. The van der Waals surface area contributed by atoms with Gasteiger partial charge >= 0.3 is 0 Å². The van der Waals surface area contributed by atoms with Crippen molar-refractivity contribution in [3.63, 3.8) is 0 Å². The third kappa shape index (κ3) is 4.04. The number of benzene rings is 1. The van der Waals surface area contributed by atoms with Gasteiger partial charge in [0.1, 0.15) is 4.83 Å². The molecule has 5 heteroatoms. The average Bonchev–Trinajstić information content (AvgIpc) is 3.04. The summed E-state index contributed by atoms with van der Waals surface area (Å²) < 4.78 is 1.83. The standard InChI is InChI=1S/C24H30N2OS2/c1-15(2)14-28-23-25-21-20(22(27)26(23)17-9-7-6-8-10-17)18-12-11-16(24(3,4)5)13-19(18)29-21/h6-10,15-16H,11-14H2,1-5H3/t16-/m0/s1. The fourth-order valence-corrected chi connectivity index (χ4v) is 6.39. The molecule has 4 rings (SSSR count). The van der Waals surface area contributed by atoms with E-state index in [0.29, 0.717) is 17.3 Å². The molecule has 0 N–H and O–H groups in total. The molecule has 3 aromatic rings. The van der Waals surface area contributed by atoms with Crippen molar-refractivity contribution in [1.29, 1.82) is 0 Å². The van der Waals surface area contributed by atoms with E-state index in [2.05, 4.69) is 34.6 Å². The third-order valence-corrected chi connectivity index (χ3v) is 8.35. The second kappa shape index (κ2) is 7.92. The molecule has 1 aliphatic rings. The van der Waals surface area contributed by atoms with Crippen LogP contribution in [0.25, 0.3) is 15.9 Å². The second-order valence-electron chi connectivity index (χ2n) is 9.57. The lowest BCUT2D eigenvalue weighted by atomic mass is 9.72. The maximum absolute atomic E-state index is 13.7. The van der Waals surface area contributed by atoms with E-state index in [1.54, 1.807) is 23.1 Å². The molecule has 1 aromatic carbocycles. The highest BCUT2D eigenvalue weighted by molar-refractivity contribution is 7.99. The van der Waals surface area contributed by atoms with Gasteiger partial charge in [0.15, 0.2) is 5.16 Å².